The Bertz CT molecular complexity index is 1080. The van der Waals surface area contributed by atoms with Crippen molar-refractivity contribution in [2.24, 2.45) is 7.05 Å². The zero-order valence-electron chi connectivity index (χ0n) is 15.9. The molecular formula is C19H25N3O4S2. The van der Waals surface area contributed by atoms with Gasteiger partial charge in [-0.05, 0) is 55.0 Å². The number of fused-ring (bicyclic) bond motifs is 1. The Morgan fingerprint density at radius 1 is 0.750 bits per heavy atom. The summed E-state index contributed by atoms with van der Waals surface area (Å²) in [4.78, 5) is 0.550. The van der Waals surface area contributed by atoms with Crippen molar-refractivity contribution in [3.05, 3.63) is 47.8 Å². The number of piperazine rings is 1. The number of nitrogens with zero attached hydrogens (tertiary/aromatic N) is 3. The van der Waals surface area contributed by atoms with Gasteiger partial charge >= 0.3 is 0 Å². The number of aryl methyl sites for hydroxylation is 3. The van der Waals surface area contributed by atoms with Crippen molar-refractivity contribution in [1.82, 2.24) is 13.2 Å². The highest BCUT2D eigenvalue weighted by Crippen LogP contribution is 2.27. The molecule has 0 atom stereocenters. The molecule has 2 heterocycles. The van der Waals surface area contributed by atoms with Gasteiger partial charge < -0.3 is 4.57 Å². The monoisotopic (exact) mass is 423 g/mol. The first-order valence-electron chi connectivity index (χ1n) is 9.52. The predicted molar refractivity (Wildman–Crippen MR) is 106 cm³/mol. The van der Waals surface area contributed by atoms with Crippen LogP contribution in [0.4, 0.5) is 0 Å². The fourth-order valence-electron chi connectivity index (χ4n) is 3.95. The highest BCUT2D eigenvalue weighted by Gasteiger charge is 2.34. The van der Waals surface area contributed by atoms with E-state index in [1.807, 2.05) is 6.07 Å². The first-order valence-corrected chi connectivity index (χ1v) is 12.4. The average Bonchev–Trinajstić information content (AvgIpc) is 3.15. The second kappa shape index (κ2) is 7.29. The fraction of sp³-hybridized carbons (Fsp3) is 0.474. The van der Waals surface area contributed by atoms with Gasteiger partial charge in [-0.25, -0.2) is 16.8 Å². The molecule has 0 amide bonds. The Morgan fingerprint density at radius 2 is 1.32 bits per heavy atom. The molecule has 0 unspecified atom stereocenters. The van der Waals surface area contributed by atoms with Gasteiger partial charge in [0, 0.05) is 45.6 Å². The van der Waals surface area contributed by atoms with E-state index in [9.17, 15) is 16.8 Å². The minimum absolute atomic E-state index is 0.154. The number of hydrogen-bond acceptors (Lipinski definition) is 4. The van der Waals surface area contributed by atoms with Crippen molar-refractivity contribution >= 4 is 20.0 Å². The normalized spacial score (nSPS) is 19.5. The van der Waals surface area contributed by atoms with Crippen molar-refractivity contribution in [1.29, 1.82) is 0 Å². The Balaban J connectivity index is 1.50. The van der Waals surface area contributed by atoms with Gasteiger partial charge in [-0.3, -0.25) is 0 Å². The second-order valence-corrected chi connectivity index (χ2v) is 11.3. The number of sulfonamides is 2. The summed E-state index contributed by atoms with van der Waals surface area (Å²) in [5.74, 6) is 0. The Hall–Kier alpha value is -1.68. The minimum Gasteiger partial charge on any atom is -0.356 e. The third-order valence-electron chi connectivity index (χ3n) is 5.60. The Labute approximate surface area is 166 Å². The SMILES string of the molecule is Cn1ccc(S(=O)(=O)N2CCN(S(=O)(=O)c3ccc4c(c3)CCCC4)CC2)c1. The Kier molecular flexibility index (Phi) is 5.11. The van der Waals surface area contributed by atoms with Crippen molar-refractivity contribution in [3.63, 3.8) is 0 Å². The lowest BCUT2D eigenvalue weighted by Gasteiger charge is -2.33. The van der Waals surface area contributed by atoms with Crippen LogP contribution in [0.25, 0.3) is 0 Å². The third-order valence-corrected chi connectivity index (χ3v) is 9.37. The first kappa shape index (κ1) is 19.6. The summed E-state index contributed by atoms with van der Waals surface area (Å²) in [7, 11) is -5.45. The van der Waals surface area contributed by atoms with Crippen molar-refractivity contribution in [2.45, 2.75) is 35.5 Å². The lowest BCUT2D eigenvalue weighted by atomic mass is 9.92. The van der Waals surface area contributed by atoms with Gasteiger partial charge in [0.25, 0.3) is 0 Å². The van der Waals surface area contributed by atoms with Crippen molar-refractivity contribution < 1.29 is 16.8 Å². The molecule has 0 radical (unpaired) electrons. The van der Waals surface area contributed by atoms with Gasteiger partial charge in [0.05, 0.1) is 9.79 Å². The summed E-state index contributed by atoms with van der Waals surface area (Å²) >= 11 is 0. The van der Waals surface area contributed by atoms with Crippen LogP contribution in [0.1, 0.15) is 24.0 Å². The van der Waals surface area contributed by atoms with Crippen LogP contribution >= 0.6 is 0 Å². The average molecular weight is 424 g/mol. The van der Waals surface area contributed by atoms with Gasteiger partial charge in [0.2, 0.25) is 20.0 Å². The van der Waals surface area contributed by atoms with E-state index in [2.05, 4.69) is 0 Å². The molecule has 152 valence electrons. The topological polar surface area (TPSA) is 79.7 Å². The molecule has 2 aromatic rings. The van der Waals surface area contributed by atoms with Gasteiger partial charge in [0.1, 0.15) is 0 Å². The highest BCUT2D eigenvalue weighted by atomic mass is 32.2. The van der Waals surface area contributed by atoms with Crippen LogP contribution in [0, 0.1) is 0 Å². The molecule has 0 saturated carbocycles. The van der Waals surface area contributed by atoms with E-state index in [1.165, 1.54) is 14.2 Å². The highest BCUT2D eigenvalue weighted by molar-refractivity contribution is 7.89. The van der Waals surface area contributed by atoms with E-state index in [4.69, 9.17) is 0 Å². The quantitative estimate of drug-likeness (QED) is 0.748. The molecule has 0 N–H and O–H groups in total. The largest absolute Gasteiger partial charge is 0.356 e. The summed E-state index contributed by atoms with van der Waals surface area (Å²) in [6.07, 6.45) is 7.41. The third kappa shape index (κ3) is 3.52. The molecule has 0 bridgehead atoms. The number of aromatic nitrogens is 1. The zero-order chi connectivity index (χ0) is 19.9. The smallest absolute Gasteiger partial charge is 0.244 e. The van der Waals surface area contributed by atoms with Gasteiger partial charge in [-0.15, -0.1) is 0 Å². The minimum atomic E-state index is -3.62. The summed E-state index contributed by atoms with van der Waals surface area (Å²) in [6.45, 7) is 0.625. The fourth-order valence-corrected chi connectivity index (χ4v) is 6.90. The molecule has 1 aromatic carbocycles. The van der Waals surface area contributed by atoms with E-state index in [0.717, 1.165) is 31.2 Å². The standard InChI is InChI=1S/C19H25N3O4S2/c1-20-9-8-19(15-20)28(25,26)22-12-10-21(11-13-22)27(23,24)18-7-6-16-4-2-3-5-17(16)14-18/h6-9,14-15H,2-5,10-13H2,1H3. The molecule has 7 nitrogen and oxygen atoms in total. The number of rotatable bonds is 4. The maximum absolute atomic E-state index is 13.1. The van der Waals surface area contributed by atoms with Crippen LogP contribution in [-0.2, 0) is 39.9 Å². The molecule has 1 aromatic heterocycles. The lowest BCUT2D eigenvalue weighted by Crippen LogP contribution is -2.50. The second-order valence-electron chi connectivity index (χ2n) is 7.46. The molecule has 1 aliphatic carbocycles. The van der Waals surface area contributed by atoms with Crippen molar-refractivity contribution in [3.8, 4) is 0 Å². The van der Waals surface area contributed by atoms with E-state index < -0.39 is 20.0 Å². The van der Waals surface area contributed by atoms with E-state index in [1.54, 1.807) is 42.2 Å². The summed E-state index contributed by atoms with van der Waals surface area (Å²) in [5.41, 5.74) is 2.36. The summed E-state index contributed by atoms with van der Waals surface area (Å²) in [5, 5.41) is 0. The number of benzene rings is 1. The molecule has 1 saturated heterocycles. The molecule has 28 heavy (non-hydrogen) atoms. The van der Waals surface area contributed by atoms with Crippen LogP contribution in [0.3, 0.4) is 0 Å². The van der Waals surface area contributed by atoms with Crippen LogP contribution < -0.4 is 0 Å². The van der Waals surface area contributed by atoms with E-state index >= 15 is 0 Å². The van der Waals surface area contributed by atoms with Crippen LogP contribution in [-0.4, -0.2) is 56.2 Å². The van der Waals surface area contributed by atoms with Gasteiger partial charge in [0.15, 0.2) is 0 Å². The van der Waals surface area contributed by atoms with E-state index in [-0.39, 0.29) is 31.1 Å². The van der Waals surface area contributed by atoms with Gasteiger partial charge in [-0.1, -0.05) is 6.07 Å². The maximum Gasteiger partial charge on any atom is 0.244 e. The predicted octanol–water partition coefficient (Wildman–Crippen LogP) is 1.60. The lowest BCUT2D eigenvalue weighted by molar-refractivity contribution is 0.273. The summed E-state index contributed by atoms with van der Waals surface area (Å²) in [6, 6.07) is 6.98. The van der Waals surface area contributed by atoms with Crippen LogP contribution in [0.2, 0.25) is 0 Å². The molecule has 9 heteroatoms. The maximum atomic E-state index is 13.1. The first-order chi connectivity index (χ1) is 13.3. The van der Waals surface area contributed by atoms with Crippen LogP contribution in [0.5, 0.6) is 0 Å². The molecule has 0 spiro atoms. The molecular weight excluding hydrogens is 398 g/mol. The number of hydrogen-bond donors (Lipinski definition) is 0. The molecule has 1 aliphatic heterocycles. The molecule has 2 aliphatic rings. The summed E-state index contributed by atoms with van der Waals surface area (Å²) < 4.78 is 56.0. The molecule has 1 fully saturated rings. The molecule has 4 rings (SSSR count). The van der Waals surface area contributed by atoms with Crippen LogP contribution in [0.15, 0.2) is 46.5 Å². The zero-order valence-corrected chi connectivity index (χ0v) is 17.5. The Morgan fingerprint density at radius 3 is 1.89 bits per heavy atom. The van der Waals surface area contributed by atoms with Gasteiger partial charge in [-0.2, -0.15) is 8.61 Å². The van der Waals surface area contributed by atoms with E-state index in [0.29, 0.717) is 4.90 Å². The van der Waals surface area contributed by atoms with Crippen molar-refractivity contribution in [2.75, 3.05) is 26.2 Å².